The lowest BCUT2D eigenvalue weighted by atomic mass is 10.00. The van der Waals surface area contributed by atoms with Gasteiger partial charge in [-0.3, -0.25) is 14.8 Å². The summed E-state index contributed by atoms with van der Waals surface area (Å²) in [6, 6.07) is 26.0. The molecule has 1 N–H and O–H groups in total. The van der Waals surface area contributed by atoms with Crippen molar-refractivity contribution in [3.63, 3.8) is 0 Å². The highest BCUT2D eigenvalue weighted by Gasteiger charge is 2.21. The quantitative estimate of drug-likeness (QED) is 0.518. The van der Waals surface area contributed by atoms with E-state index in [0.717, 1.165) is 33.6 Å². The maximum absolute atomic E-state index is 12.8. The van der Waals surface area contributed by atoms with Crippen molar-refractivity contribution >= 4 is 28.1 Å². The molecule has 1 aliphatic heterocycles. The van der Waals surface area contributed by atoms with E-state index in [4.69, 9.17) is 4.99 Å². The number of fused-ring (bicyclic) bond motifs is 2. The summed E-state index contributed by atoms with van der Waals surface area (Å²) < 4.78 is 0. The third-order valence-corrected chi connectivity index (χ3v) is 5.42. The summed E-state index contributed by atoms with van der Waals surface area (Å²) in [6.07, 6.45) is 3.28. The van der Waals surface area contributed by atoms with Crippen LogP contribution in [0.3, 0.4) is 0 Å². The number of carbonyl (C=O) groups is 1. The third kappa shape index (κ3) is 3.72. The second-order valence-corrected chi connectivity index (χ2v) is 7.53. The molecule has 0 saturated heterocycles. The van der Waals surface area contributed by atoms with Crippen LogP contribution in [-0.2, 0) is 19.4 Å². The molecule has 2 heterocycles. The lowest BCUT2D eigenvalue weighted by Crippen LogP contribution is -2.24. The smallest absolute Gasteiger partial charge is 0.251 e. The molecule has 4 aromatic rings. The van der Waals surface area contributed by atoms with Crippen molar-refractivity contribution in [2.75, 3.05) is 0 Å². The summed E-state index contributed by atoms with van der Waals surface area (Å²) in [7, 11) is 0. The molecule has 1 aliphatic rings. The van der Waals surface area contributed by atoms with Crippen molar-refractivity contribution in [2.45, 2.75) is 19.4 Å². The SMILES string of the molecule is O=C(NCc1ccccc1)c1cccc2c1CC(Cc1cc3ccccc3cn1)=N2. The Morgan fingerprint density at radius 1 is 0.900 bits per heavy atom. The predicted octanol–water partition coefficient (Wildman–Crippen LogP) is 5.04. The van der Waals surface area contributed by atoms with Crippen molar-refractivity contribution < 1.29 is 4.79 Å². The van der Waals surface area contributed by atoms with E-state index in [2.05, 4.69) is 28.5 Å². The summed E-state index contributed by atoms with van der Waals surface area (Å²) >= 11 is 0. The van der Waals surface area contributed by atoms with Crippen molar-refractivity contribution in [1.29, 1.82) is 0 Å². The molecule has 0 atom stereocenters. The van der Waals surface area contributed by atoms with Crippen molar-refractivity contribution in [1.82, 2.24) is 10.3 Å². The molecule has 0 unspecified atom stereocenters. The molecule has 4 nitrogen and oxygen atoms in total. The fourth-order valence-electron chi connectivity index (χ4n) is 3.90. The van der Waals surface area contributed by atoms with Crippen LogP contribution in [0.1, 0.15) is 27.2 Å². The molecule has 0 saturated carbocycles. The Hall–Kier alpha value is -3.79. The molecular formula is C26H21N3O. The Labute approximate surface area is 175 Å². The molecule has 3 aromatic carbocycles. The lowest BCUT2D eigenvalue weighted by Gasteiger charge is -2.09. The van der Waals surface area contributed by atoms with E-state index in [0.29, 0.717) is 24.9 Å². The average Bonchev–Trinajstić information content (AvgIpc) is 3.20. The van der Waals surface area contributed by atoms with Gasteiger partial charge in [0.2, 0.25) is 0 Å². The van der Waals surface area contributed by atoms with Crippen LogP contribution in [0.4, 0.5) is 5.69 Å². The highest BCUT2D eigenvalue weighted by Crippen LogP contribution is 2.30. The van der Waals surface area contributed by atoms with Gasteiger partial charge in [-0.15, -0.1) is 0 Å². The number of aromatic nitrogens is 1. The number of nitrogens with one attached hydrogen (secondary N) is 1. The van der Waals surface area contributed by atoms with E-state index in [-0.39, 0.29) is 5.91 Å². The topological polar surface area (TPSA) is 54.4 Å². The third-order valence-electron chi connectivity index (χ3n) is 5.42. The fraction of sp³-hybridized carbons (Fsp3) is 0.115. The molecule has 1 amide bonds. The first kappa shape index (κ1) is 18.3. The molecule has 0 bridgehead atoms. The summed E-state index contributed by atoms with van der Waals surface area (Å²) in [5.41, 5.74) is 5.70. The number of rotatable bonds is 5. The zero-order valence-electron chi connectivity index (χ0n) is 16.5. The van der Waals surface area contributed by atoms with Crippen LogP contribution in [-0.4, -0.2) is 16.6 Å². The first-order valence-corrected chi connectivity index (χ1v) is 10.1. The van der Waals surface area contributed by atoms with Gasteiger partial charge >= 0.3 is 0 Å². The van der Waals surface area contributed by atoms with Crippen LogP contribution in [0.2, 0.25) is 0 Å². The Morgan fingerprint density at radius 3 is 2.57 bits per heavy atom. The number of hydrogen-bond acceptors (Lipinski definition) is 3. The highest BCUT2D eigenvalue weighted by atomic mass is 16.1. The van der Waals surface area contributed by atoms with E-state index in [1.165, 1.54) is 5.39 Å². The largest absolute Gasteiger partial charge is 0.348 e. The monoisotopic (exact) mass is 391 g/mol. The Kier molecular flexibility index (Phi) is 4.81. The molecule has 0 aliphatic carbocycles. The fourth-order valence-corrected chi connectivity index (χ4v) is 3.90. The van der Waals surface area contributed by atoms with Crippen LogP contribution < -0.4 is 5.32 Å². The summed E-state index contributed by atoms with van der Waals surface area (Å²) in [5, 5.41) is 5.34. The molecule has 1 aromatic heterocycles. The normalized spacial score (nSPS) is 12.5. The molecule has 4 heteroatoms. The molecule has 146 valence electrons. The van der Waals surface area contributed by atoms with Gasteiger partial charge in [0.1, 0.15) is 0 Å². The van der Waals surface area contributed by atoms with Gasteiger partial charge in [0.15, 0.2) is 0 Å². The van der Waals surface area contributed by atoms with E-state index in [1.807, 2.05) is 66.9 Å². The van der Waals surface area contributed by atoms with E-state index >= 15 is 0 Å². The van der Waals surface area contributed by atoms with Gasteiger partial charge in [0.25, 0.3) is 5.91 Å². The Morgan fingerprint density at radius 2 is 1.70 bits per heavy atom. The number of benzene rings is 3. The maximum atomic E-state index is 12.8. The van der Waals surface area contributed by atoms with Crippen LogP contribution in [0, 0.1) is 0 Å². The minimum absolute atomic E-state index is 0.0593. The van der Waals surface area contributed by atoms with E-state index in [9.17, 15) is 4.79 Å². The Bertz CT molecular complexity index is 1260. The molecular weight excluding hydrogens is 370 g/mol. The minimum Gasteiger partial charge on any atom is -0.348 e. The Balaban J connectivity index is 1.31. The highest BCUT2D eigenvalue weighted by molar-refractivity contribution is 6.03. The molecule has 30 heavy (non-hydrogen) atoms. The zero-order valence-corrected chi connectivity index (χ0v) is 16.5. The maximum Gasteiger partial charge on any atom is 0.251 e. The zero-order chi connectivity index (χ0) is 20.3. The number of nitrogens with zero attached hydrogens (tertiary/aromatic N) is 2. The number of carbonyl (C=O) groups excluding carboxylic acids is 1. The second-order valence-electron chi connectivity index (χ2n) is 7.53. The van der Waals surface area contributed by atoms with Gasteiger partial charge in [0, 0.05) is 47.9 Å². The predicted molar refractivity (Wildman–Crippen MR) is 120 cm³/mol. The van der Waals surface area contributed by atoms with Gasteiger partial charge in [-0.25, -0.2) is 0 Å². The van der Waals surface area contributed by atoms with Gasteiger partial charge in [-0.2, -0.15) is 0 Å². The number of pyridine rings is 1. The number of amides is 1. The van der Waals surface area contributed by atoms with Crippen LogP contribution in [0.5, 0.6) is 0 Å². The minimum atomic E-state index is -0.0593. The van der Waals surface area contributed by atoms with Crippen molar-refractivity contribution in [3.8, 4) is 0 Å². The molecule has 5 rings (SSSR count). The van der Waals surface area contributed by atoms with Crippen molar-refractivity contribution in [2.24, 2.45) is 4.99 Å². The molecule has 0 radical (unpaired) electrons. The number of aliphatic imine (C=N–C) groups is 1. The number of hydrogen-bond donors (Lipinski definition) is 1. The standard InChI is InChI=1S/C26H21N3O/c30-26(28-16-18-7-2-1-3-8-18)23-11-6-12-25-24(23)15-22(29-25)14-21-13-19-9-4-5-10-20(19)17-27-21/h1-13,17H,14-16H2,(H,28,30). The molecule has 0 fully saturated rings. The van der Waals surface area contributed by atoms with Crippen LogP contribution in [0.15, 0.2) is 90.1 Å². The summed E-state index contributed by atoms with van der Waals surface area (Å²) in [5.74, 6) is -0.0593. The summed E-state index contributed by atoms with van der Waals surface area (Å²) in [4.78, 5) is 22.2. The van der Waals surface area contributed by atoms with E-state index in [1.54, 1.807) is 0 Å². The lowest BCUT2D eigenvalue weighted by molar-refractivity contribution is 0.0950. The second kappa shape index (κ2) is 7.91. The van der Waals surface area contributed by atoms with Gasteiger partial charge in [0.05, 0.1) is 5.69 Å². The van der Waals surface area contributed by atoms with Gasteiger partial charge in [-0.05, 0) is 34.7 Å². The molecule has 0 spiro atoms. The van der Waals surface area contributed by atoms with Crippen LogP contribution in [0.25, 0.3) is 10.8 Å². The van der Waals surface area contributed by atoms with Gasteiger partial charge < -0.3 is 5.32 Å². The average molecular weight is 391 g/mol. The summed E-state index contributed by atoms with van der Waals surface area (Å²) in [6.45, 7) is 0.512. The van der Waals surface area contributed by atoms with Gasteiger partial charge in [-0.1, -0.05) is 60.7 Å². The van der Waals surface area contributed by atoms with Crippen LogP contribution >= 0.6 is 0 Å². The van der Waals surface area contributed by atoms with E-state index < -0.39 is 0 Å². The first-order valence-electron chi connectivity index (χ1n) is 10.1. The first-order chi connectivity index (χ1) is 14.8. The van der Waals surface area contributed by atoms with Crippen molar-refractivity contribution in [3.05, 3.63) is 107 Å².